The van der Waals surface area contributed by atoms with Crippen LogP contribution in [0.1, 0.15) is 35.3 Å². The van der Waals surface area contributed by atoms with Crippen molar-refractivity contribution in [3.05, 3.63) is 50.2 Å². The Morgan fingerprint density at radius 2 is 2.10 bits per heavy atom. The Balaban J connectivity index is 2.37. The van der Waals surface area contributed by atoms with E-state index in [0.717, 1.165) is 33.8 Å². The number of aromatic nitrogens is 2. The van der Waals surface area contributed by atoms with Crippen LogP contribution in [0.15, 0.2) is 22.7 Å². The molecular weight excluding hydrogens is 350 g/mol. The van der Waals surface area contributed by atoms with E-state index in [-0.39, 0.29) is 6.04 Å². The number of aryl methyl sites for hydroxylation is 3. The van der Waals surface area contributed by atoms with E-state index in [1.807, 2.05) is 14.0 Å². The molecule has 1 atom stereocenters. The number of halogens is 2. The van der Waals surface area contributed by atoms with E-state index >= 15 is 0 Å². The van der Waals surface area contributed by atoms with Crippen LogP contribution in [0.4, 0.5) is 0 Å². The maximum atomic E-state index is 6.38. The molecule has 1 aromatic heterocycles. The van der Waals surface area contributed by atoms with Gasteiger partial charge in [0.05, 0.1) is 5.69 Å². The summed E-state index contributed by atoms with van der Waals surface area (Å²) in [6.07, 6.45) is 0.828. The molecule has 0 spiro atoms. The molecule has 0 radical (unpaired) electrons. The molecule has 2 aromatic rings. The highest BCUT2D eigenvalue weighted by molar-refractivity contribution is 9.10. The molecule has 0 bridgehead atoms. The van der Waals surface area contributed by atoms with E-state index < -0.39 is 0 Å². The molecule has 1 aromatic carbocycles. The summed E-state index contributed by atoms with van der Waals surface area (Å²) in [4.78, 5) is 0. The minimum absolute atomic E-state index is 0.213. The maximum absolute atomic E-state index is 6.38. The molecule has 3 nitrogen and oxygen atoms in total. The van der Waals surface area contributed by atoms with Crippen LogP contribution in [0.5, 0.6) is 0 Å². The first-order chi connectivity index (χ1) is 9.93. The van der Waals surface area contributed by atoms with Gasteiger partial charge in [0.25, 0.3) is 0 Å². The molecule has 0 aliphatic heterocycles. The van der Waals surface area contributed by atoms with Gasteiger partial charge in [-0.25, -0.2) is 0 Å². The van der Waals surface area contributed by atoms with Gasteiger partial charge in [-0.1, -0.05) is 52.2 Å². The first-order valence-corrected chi connectivity index (χ1v) is 8.28. The fourth-order valence-corrected chi connectivity index (χ4v) is 3.35. The van der Waals surface area contributed by atoms with Crippen molar-refractivity contribution >= 4 is 27.5 Å². The SMILES string of the molecule is CCNC(Cc1c(C)nn(C)c1Cl)c1cc(C)ccc1Br. The zero-order valence-electron chi connectivity index (χ0n) is 12.9. The van der Waals surface area contributed by atoms with Gasteiger partial charge in [0.1, 0.15) is 5.15 Å². The molecule has 5 heteroatoms. The van der Waals surface area contributed by atoms with Crippen molar-refractivity contribution in [2.24, 2.45) is 7.05 Å². The minimum Gasteiger partial charge on any atom is -0.310 e. The van der Waals surface area contributed by atoms with E-state index in [1.165, 1.54) is 11.1 Å². The monoisotopic (exact) mass is 369 g/mol. The Kier molecular flexibility index (Phi) is 5.47. The zero-order valence-corrected chi connectivity index (χ0v) is 15.2. The molecule has 1 N–H and O–H groups in total. The van der Waals surface area contributed by atoms with Gasteiger partial charge in [-0.15, -0.1) is 0 Å². The average Bonchev–Trinajstić information content (AvgIpc) is 2.67. The minimum atomic E-state index is 0.213. The number of likely N-dealkylation sites (N-methyl/N-ethyl adjacent to an activating group) is 1. The van der Waals surface area contributed by atoms with Crippen molar-refractivity contribution in [1.29, 1.82) is 0 Å². The number of nitrogens with one attached hydrogen (secondary N) is 1. The zero-order chi connectivity index (χ0) is 15.6. The van der Waals surface area contributed by atoms with Gasteiger partial charge in [0.2, 0.25) is 0 Å². The van der Waals surface area contributed by atoms with Crippen LogP contribution in [0.3, 0.4) is 0 Å². The lowest BCUT2D eigenvalue weighted by Crippen LogP contribution is -2.23. The standard InChI is InChI=1S/C16H21BrClN3/c1-5-19-15(13-8-10(2)6-7-14(13)17)9-12-11(3)20-21(4)16(12)18/h6-8,15,19H,5,9H2,1-4H3. The van der Waals surface area contributed by atoms with Crippen LogP contribution in [0.25, 0.3) is 0 Å². The number of rotatable bonds is 5. The van der Waals surface area contributed by atoms with Crippen LogP contribution < -0.4 is 5.32 Å². The van der Waals surface area contributed by atoms with Crippen LogP contribution in [-0.2, 0) is 13.5 Å². The second kappa shape index (κ2) is 6.95. The van der Waals surface area contributed by atoms with E-state index in [2.05, 4.69) is 58.4 Å². The lowest BCUT2D eigenvalue weighted by atomic mass is 9.98. The summed E-state index contributed by atoms with van der Waals surface area (Å²) in [6, 6.07) is 6.65. The average molecular weight is 371 g/mol. The van der Waals surface area contributed by atoms with Gasteiger partial charge in [-0.05, 0) is 38.4 Å². The molecule has 21 heavy (non-hydrogen) atoms. The summed E-state index contributed by atoms with van der Waals surface area (Å²) in [6.45, 7) is 7.15. The number of hydrogen-bond donors (Lipinski definition) is 1. The molecule has 1 unspecified atom stereocenters. The van der Waals surface area contributed by atoms with Crippen molar-refractivity contribution in [2.45, 2.75) is 33.2 Å². The van der Waals surface area contributed by atoms with Crippen molar-refractivity contribution in [3.8, 4) is 0 Å². The van der Waals surface area contributed by atoms with Gasteiger partial charge >= 0.3 is 0 Å². The third-order valence-electron chi connectivity index (χ3n) is 3.66. The molecule has 0 amide bonds. The molecule has 0 fully saturated rings. The maximum Gasteiger partial charge on any atom is 0.130 e. The second-order valence-corrected chi connectivity index (χ2v) is 6.53. The van der Waals surface area contributed by atoms with Crippen molar-refractivity contribution in [3.63, 3.8) is 0 Å². The molecular formula is C16H21BrClN3. The number of benzene rings is 1. The number of hydrogen-bond acceptors (Lipinski definition) is 2. The third kappa shape index (κ3) is 3.68. The summed E-state index contributed by atoms with van der Waals surface area (Å²) in [5.74, 6) is 0. The Morgan fingerprint density at radius 1 is 1.38 bits per heavy atom. The topological polar surface area (TPSA) is 29.9 Å². The van der Waals surface area contributed by atoms with Crippen molar-refractivity contribution < 1.29 is 0 Å². The highest BCUT2D eigenvalue weighted by Gasteiger charge is 2.19. The third-order valence-corrected chi connectivity index (χ3v) is 4.85. The molecule has 114 valence electrons. The predicted molar refractivity (Wildman–Crippen MR) is 92.0 cm³/mol. The normalized spacial score (nSPS) is 12.7. The molecule has 0 saturated carbocycles. The fraction of sp³-hybridized carbons (Fsp3) is 0.438. The smallest absolute Gasteiger partial charge is 0.130 e. The lowest BCUT2D eigenvalue weighted by Gasteiger charge is -2.20. The predicted octanol–water partition coefficient (Wildman–Crippen LogP) is 4.35. The largest absolute Gasteiger partial charge is 0.310 e. The quantitative estimate of drug-likeness (QED) is 0.848. The Morgan fingerprint density at radius 3 is 2.67 bits per heavy atom. The van der Waals surface area contributed by atoms with Gasteiger partial charge in [0, 0.05) is 23.1 Å². The summed E-state index contributed by atoms with van der Waals surface area (Å²) >= 11 is 10.0. The molecule has 0 aliphatic carbocycles. The van der Waals surface area contributed by atoms with Gasteiger partial charge < -0.3 is 5.32 Å². The van der Waals surface area contributed by atoms with Gasteiger partial charge in [-0.2, -0.15) is 5.10 Å². The lowest BCUT2D eigenvalue weighted by molar-refractivity contribution is 0.546. The molecule has 0 aliphatic rings. The second-order valence-electron chi connectivity index (χ2n) is 5.32. The van der Waals surface area contributed by atoms with E-state index in [4.69, 9.17) is 11.6 Å². The molecule has 1 heterocycles. The molecule has 0 saturated heterocycles. The van der Waals surface area contributed by atoms with Gasteiger partial charge in [-0.3, -0.25) is 4.68 Å². The van der Waals surface area contributed by atoms with Crippen LogP contribution in [0.2, 0.25) is 5.15 Å². The first-order valence-electron chi connectivity index (χ1n) is 7.11. The highest BCUT2D eigenvalue weighted by atomic mass is 79.9. The summed E-state index contributed by atoms with van der Waals surface area (Å²) in [7, 11) is 1.88. The van der Waals surface area contributed by atoms with Gasteiger partial charge in [0.15, 0.2) is 0 Å². The van der Waals surface area contributed by atoms with E-state index in [1.54, 1.807) is 4.68 Å². The van der Waals surface area contributed by atoms with Crippen molar-refractivity contribution in [2.75, 3.05) is 6.54 Å². The Hall–Kier alpha value is -0.840. The van der Waals surface area contributed by atoms with Crippen LogP contribution in [0, 0.1) is 13.8 Å². The number of nitrogens with zero attached hydrogens (tertiary/aromatic N) is 2. The Bertz CT molecular complexity index is 637. The van der Waals surface area contributed by atoms with Crippen LogP contribution in [-0.4, -0.2) is 16.3 Å². The summed E-state index contributed by atoms with van der Waals surface area (Å²) in [5, 5.41) is 8.68. The molecule has 2 rings (SSSR count). The van der Waals surface area contributed by atoms with Crippen LogP contribution >= 0.6 is 27.5 Å². The van der Waals surface area contributed by atoms with E-state index in [0.29, 0.717) is 0 Å². The highest BCUT2D eigenvalue weighted by Crippen LogP contribution is 2.30. The summed E-state index contributed by atoms with van der Waals surface area (Å²) < 4.78 is 2.86. The van der Waals surface area contributed by atoms with Crippen molar-refractivity contribution in [1.82, 2.24) is 15.1 Å². The summed E-state index contributed by atoms with van der Waals surface area (Å²) in [5.41, 5.74) is 4.62. The van der Waals surface area contributed by atoms with E-state index in [9.17, 15) is 0 Å². The fourth-order valence-electron chi connectivity index (χ4n) is 2.58. The first kappa shape index (κ1) is 16.5. The Labute approximate surface area is 139 Å².